The van der Waals surface area contributed by atoms with Gasteiger partial charge in [0.1, 0.15) is 5.76 Å². The van der Waals surface area contributed by atoms with E-state index < -0.39 is 0 Å². The summed E-state index contributed by atoms with van der Waals surface area (Å²) in [5, 5.41) is 0. The lowest BCUT2D eigenvalue weighted by Crippen LogP contribution is -1.83. The average Bonchev–Trinajstić information content (AvgIpc) is 3.08. The third-order valence-electron chi connectivity index (χ3n) is 3.31. The molecule has 0 aliphatic rings. The molecule has 1 aromatic heterocycles. The van der Waals surface area contributed by atoms with Gasteiger partial charge in [0.05, 0.1) is 12.0 Å². The molecule has 0 unspecified atom stereocenters. The Morgan fingerprint density at radius 2 is 1.59 bits per heavy atom. The Labute approximate surface area is 135 Å². The molecule has 0 aliphatic heterocycles. The maximum absolute atomic E-state index is 5.35. The van der Waals surface area contributed by atoms with Gasteiger partial charge in [-0.3, -0.25) is 0 Å². The molecule has 1 heterocycles. The first-order valence-electron chi connectivity index (χ1n) is 7.32. The number of rotatable bonds is 6. The molecular formula is C20H18OS. The van der Waals surface area contributed by atoms with Crippen LogP contribution in [0.4, 0.5) is 0 Å². The van der Waals surface area contributed by atoms with E-state index in [4.69, 9.17) is 4.42 Å². The molecule has 0 saturated carbocycles. The van der Waals surface area contributed by atoms with E-state index in [1.54, 1.807) is 6.26 Å². The summed E-state index contributed by atoms with van der Waals surface area (Å²) in [5.74, 6) is 2.94. The SMILES string of the molecule is C(=C/c1cccc(CSCc2ccco2)c1)/c1ccccc1. The van der Waals surface area contributed by atoms with E-state index in [1.807, 2.05) is 30.0 Å². The van der Waals surface area contributed by atoms with Gasteiger partial charge in [0, 0.05) is 5.75 Å². The molecule has 3 rings (SSSR count). The van der Waals surface area contributed by atoms with Gasteiger partial charge in [-0.15, -0.1) is 11.8 Å². The Kier molecular flexibility index (Phi) is 5.17. The van der Waals surface area contributed by atoms with Crippen molar-refractivity contribution in [3.8, 4) is 0 Å². The molecule has 2 aromatic carbocycles. The Balaban J connectivity index is 1.59. The largest absolute Gasteiger partial charge is 0.468 e. The van der Waals surface area contributed by atoms with Gasteiger partial charge < -0.3 is 4.42 Å². The van der Waals surface area contributed by atoms with Gasteiger partial charge in [0.15, 0.2) is 0 Å². The van der Waals surface area contributed by atoms with Crippen LogP contribution in [0.3, 0.4) is 0 Å². The van der Waals surface area contributed by atoms with Crippen molar-refractivity contribution >= 4 is 23.9 Å². The minimum atomic E-state index is 0.914. The summed E-state index contributed by atoms with van der Waals surface area (Å²) in [7, 11) is 0. The molecule has 0 spiro atoms. The normalized spacial score (nSPS) is 11.1. The monoisotopic (exact) mass is 306 g/mol. The second kappa shape index (κ2) is 7.71. The Morgan fingerprint density at radius 3 is 2.41 bits per heavy atom. The van der Waals surface area contributed by atoms with E-state index in [2.05, 4.69) is 60.7 Å². The highest BCUT2D eigenvalue weighted by molar-refractivity contribution is 7.97. The van der Waals surface area contributed by atoms with Crippen molar-refractivity contribution in [2.24, 2.45) is 0 Å². The summed E-state index contributed by atoms with van der Waals surface area (Å²) in [6.45, 7) is 0. The van der Waals surface area contributed by atoms with Crippen LogP contribution in [0.2, 0.25) is 0 Å². The molecule has 0 aliphatic carbocycles. The van der Waals surface area contributed by atoms with E-state index in [9.17, 15) is 0 Å². The minimum absolute atomic E-state index is 0.914. The van der Waals surface area contributed by atoms with Crippen molar-refractivity contribution in [2.75, 3.05) is 0 Å². The molecule has 0 fully saturated rings. The predicted octanol–water partition coefficient (Wildman–Crippen LogP) is 5.88. The zero-order valence-corrected chi connectivity index (χ0v) is 13.1. The van der Waals surface area contributed by atoms with Crippen molar-refractivity contribution in [1.29, 1.82) is 0 Å². The van der Waals surface area contributed by atoms with Crippen molar-refractivity contribution in [3.05, 3.63) is 95.4 Å². The molecule has 0 atom stereocenters. The maximum Gasteiger partial charge on any atom is 0.113 e. The predicted molar refractivity (Wildman–Crippen MR) is 95.5 cm³/mol. The molecule has 0 bridgehead atoms. The van der Waals surface area contributed by atoms with E-state index in [0.717, 1.165) is 17.3 Å². The van der Waals surface area contributed by atoms with Crippen LogP contribution in [0, 0.1) is 0 Å². The van der Waals surface area contributed by atoms with Crippen molar-refractivity contribution < 1.29 is 4.42 Å². The highest BCUT2D eigenvalue weighted by atomic mass is 32.2. The first-order chi connectivity index (χ1) is 10.9. The highest BCUT2D eigenvalue weighted by Gasteiger charge is 1.98. The van der Waals surface area contributed by atoms with Gasteiger partial charge in [-0.25, -0.2) is 0 Å². The molecule has 2 heteroatoms. The van der Waals surface area contributed by atoms with Gasteiger partial charge in [-0.05, 0) is 28.8 Å². The van der Waals surface area contributed by atoms with E-state index in [-0.39, 0.29) is 0 Å². The molecule has 0 amide bonds. The Hall–Kier alpha value is -2.19. The quantitative estimate of drug-likeness (QED) is 0.527. The maximum atomic E-state index is 5.35. The van der Waals surface area contributed by atoms with Crippen molar-refractivity contribution in [2.45, 2.75) is 11.5 Å². The fourth-order valence-electron chi connectivity index (χ4n) is 2.21. The highest BCUT2D eigenvalue weighted by Crippen LogP contribution is 2.19. The topological polar surface area (TPSA) is 13.1 Å². The standard InChI is InChI=1S/C20H18OS/c1-2-6-17(7-3-1)11-12-18-8-4-9-19(14-18)15-22-16-20-10-5-13-21-20/h1-14H,15-16H2/b12-11-. The average molecular weight is 306 g/mol. The van der Waals surface area contributed by atoms with E-state index >= 15 is 0 Å². The fraction of sp³-hybridized carbons (Fsp3) is 0.100. The molecule has 22 heavy (non-hydrogen) atoms. The van der Waals surface area contributed by atoms with Crippen LogP contribution in [0.1, 0.15) is 22.5 Å². The Bertz CT molecular complexity index is 714. The third-order valence-corrected chi connectivity index (χ3v) is 4.34. The zero-order valence-electron chi connectivity index (χ0n) is 12.3. The molecular weight excluding hydrogens is 288 g/mol. The van der Waals surface area contributed by atoms with Crippen molar-refractivity contribution in [3.63, 3.8) is 0 Å². The molecule has 3 aromatic rings. The van der Waals surface area contributed by atoms with Crippen LogP contribution in [0.5, 0.6) is 0 Å². The van der Waals surface area contributed by atoms with Crippen LogP contribution in [0.15, 0.2) is 77.4 Å². The van der Waals surface area contributed by atoms with E-state index in [0.29, 0.717) is 0 Å². The summed E-state index contributed by atoms with van der Waals surface area (Å²) in [6, 6.07) is 23.0. The number of furan rings is 1. The molecule has 1 nitrogen and oxygen atoms in total. The van der Waals surface area contributed by atoms with Crippen LogP contribution >= 0.6 is 11.8 Å². The Morgan fingerprint density at radius 1 is 0.773 bits per heavy atom. The summed E-state index contributed by atoms with van der Waals surface area (Å²) < 4.78 is 5.35. The number of benzene rings is 2. The van der Waals surface area contributed by atoms with Gasteiger partial charge in [-0.2, -0.15) is 0 Å². The fourth-order valence-corrected chi connectivity index (χ4v) is 3.09. The first-order valence-corrected chi connectivity index (χ1v) is 8.48. The zero-order chi connectivity index (χ0) is 15.0. The lowest BCUT2D eigenvalue weighted by molar-refractivity contribution is 0.530. The van der Waals surface area contributed by atoms with Crippen LogP contribution in [-0.2, 0) is 11.5 Å². The summed E-state index contributed by atoms with van der Waals surface area (Å²) in [5.41, 5.74) is 3.80. The number of hydrogen-bond donors (Lipinski definition) is 0. The van der Waals surface area contributed by atoms with Crippen LogP contribution in [-0.4, -0.2) is 0 Å². The second-order valence-electron chi connectivity index (χ2n) is 5.06. The molecule has 0 radical (unpaired) electrons. The van der Waals surface area contributed by atoms with Gasteiger partial charge in [0.25, 0.3) is 0 Å². The van der Waals surface area contributed by atoms with Gasteiger partial charge in [0.2, 0.25) is 0 Å². The van der Waals surface area contributed by atoms with Gasteiger partial charge >= 0.3 is 0 Å². The second-order valence-corrected chi connectivity index (χ2v) is 6.05. The lowest BCUT2D eigenvalue weighted by atomic mass is 10.1. The van der Waals surface area contributed by atoms with Crippen molar-refractivity contribution in [1.82, 2.24) is 0 Å². The molecule has 0 N–H and O–H groups in total. The summed E-state index contributed by atoms with van der Waals surface area (Å²) in [4.78, 5) is 0. The molecule has 0 saturated heterocycles. The summed E-state index contributed by atoms with van der Waals surface area (Å²) >= 11 is 1.87. The molecule has 110 valence electrons. The summed E-state index contributed by atoms with van der Waals surface area (Å²) in [6.07, 6.45) is 6.04. The van der Waals surface area contributed by atoms with Crippen LogP contribution in [0.25, 0.3) is 12.2 Å². The minimum Gasteiger partial charge on any atom is -0.468 e. The third kappa shape index (κ3) is 4.40. The first kappa shape index (κ1) is 14.7. The van der Waals surface area contributed by atoms with E-state index in [1.165, 1.54) is 16.7 Å². The number of hydrogen-bond acceptors (Lipinski definition) is 2. The lowest BCUT2D eigenvalue weighted by Gasteiger charge is -2.02. The van der Waals surface area contributed by atoms with Gasteiger partial charge in [-0.1, -0.05) is 66.7 Å². The number of thioether (sulfide) groups is 1. The van der Waals surface area contributed by atoms with Crippen LogP contribution < -0.4 is 0 Å². The smallest absolute Gasteiger partial charge is 0.113 e.